The van der Waals surface area contributed by atoms with E-state index < -0.39 is 0 Å². The van der Waals surface area contributed by atoms with Crippen LogP contribution in [0.3, 0.4) is 0 Å². The van der Waals surface area contributed by atoms with E-state index in [9.17, 15) is 4.79 Å². The van der Waals surface area contributed by atoms with Gasteiger partial charge in [0.25, 0.3) is 5.91 Å². The molecule has 2 N–H and O–H groups in total. The third-order valence-corrected chi connectivity index (χ3v) is 5.96. The van der Waals surface area contributed by atoms with Gasteiger partial charge in [0.05, 0.1) is 28.3 Å². The second-order valence-electron chi connectivity index (χ2n) is 7.57. The molecule has 2 aromatic carbocycles. The number of hydrogen-bond donors (Lipinski definition) is 2. The molecule has 2 aromatic heterocycles. The first-order chi connectivity index (χ1) is 15.5. The molecule has 1 amide bonds. The van der Waals surface area contributed by atoms with Gasteiger partial charge in [0.1, 0.15) is 23.9 Å². The first-order valence-corrected chi connectivity index (χ1v) is 11.8. The van der Waals surface area contributed by atoms with E-state index in [1.807, 2.05) is 50.2 Å². The fraction of sp³-hybridized carbons (Fsp3) is 0.292. The van der Waals surface area contributed by atoms with E-state index in [1.54, 1.807) is 23.9 Å². The highest BCUT2D eigenvalue weighted by atomic mass is 32.2. The summed E-state index contributed by atoms with van der Waals surface area (Å²) in [6, 6.07) is 14.8. The number of aryl methyl sites for hydroxylation is 2. The maximum Gasteiger partial charge on any atom is 0.252 e. The maximum atomic E-state index is 13.1. The lowest BCUT2D eigenvalue weighted by molar-refractivity contribution is 0.0933. The van der Waals surface area contributed by atoms with E-state index >= 15 is 0 Å². The van der Waals surface area contributed by atoms with Gasteiger partial charge in [-0.25, -0.2) is 4.98 Å². The number of nitrogens with one attached hydrogen (secondary N) is 2. The van der Waals surface area contributed by atoms with Gasteiger partial charge in [0.2, 0.25) is 0 Å². The second-order valence-corrected chi connectivity index (χ2v) is 8.55. The Bertz CT molecular complexity index is 1160. The molecule has 0 saturated carbocycles. The average molecular weight is 451 g/mol. The van der Waals surface area contributed by atoms with Crippen molar-refractivity contribution in [1.82, 2.24) is 20.4 Å². The number of benzene rings is 2. The van der Waals surface area contributed by atoms with Gasteiger partial charge >= 0.3 is 0 Å². The first kappa shape index (κ1) is 22.0. The number of aromatic nitrogens is 3. The van der Waals surface area contributed by atoms with Crippen LogP contribution in [0.5, 0.6) is 5.75 Å². The number of aromatic amines is 1. The number of fused-ring (bicyclic) bond motifs is 1. The number of amides is 1. The largest absolute Gasteiger partial charge is 0.489 e. The molecule has 4 aromatic rings. The zero-order valence-corrected chi connectivity index (χ0v) is 19.2. The second kappa shape index (κ2) is 9.91. The zero-order chi connectivity index (χ0) is 22.5. The number of hydrogen-bond acceptors (Lipinski definition) is 6. The SMILES string of the molecule is CSCC[C@H](NC(=O)c1cccc(OCc2c(C)noc2C)c1)c1nc2ccccc2[nH]1. The lowest BCUT2D eigenvalue weighted by Gasteiger charge is -2.17. The van der Waals surface area contributed by atoms with E-state index in [2.05, 4.69) is 26.7 Å². The number of para-hydroxylation sites is 2. The third-order valence-electron chi connectivity index (χ3n) is 5.31. The predicted octanol–water partition coefficient (Wildman–Crippen LogP) is 4.97. The molecule has 0 bridgehead atoms. The van der Waals surface area contributed by atoms with Crippen LogP contribution in [-0.2, 0) is 6.61 Å². The molecule has 0 saturated heterocycles. The van der Waals surface area contributed by atoms with Crippen molar-refractivity contribution in [1.29, 1.82) is 0 Å². The topological polar surface area (TPSA) is 93.0 Å². The van der Waals surface area contributed by atoms with Gasteiger partial charge in [-0.2, -0.15) is 11.8 Å². The molecule has 0 fully saturated rings. The van der Waals surface area contributed by atoms with Crippen LogP contribution in [0.25, 0.3) is 11.0 Å². The molecular formula is C24H26N4O3S. The lowest BCUT2D eigenvalue weighted by atomic mass is 10.1. The monoisotopic (exact) mass is 450 g/mol. The lowest BCUT2D eigenvalue weighted by Crippen LogP contribution is -2.29. The van der Waals surface area contributed by atoms with Crippen molar-refractivity contribution in [2.45, 2.75) is 32.9 Å². The highest BCUT2D eigenvalue weighted by molar-refractivity contribution is 7.98. The van der Waals surface area contributed by atoms with Gasteiger partial charge < -0.3 is 19.6 Å². The summed E-state index contributed by atoms with van der Waals surface area (Å²) in [6.45, 7) is 4.07. The fourth-order valence-electron chi connectivity index (χ4n) is 3.48. The molecule has 0 unspecified atom stereocenters. The number of imidazole rings is 1. The van der Waals surface area contributed by atoms with Gasteiger partial charge in [-0.05, 0) is 62.6 Å². The summed E-state index contributed by atoms with van der Waals surface area (Å²) in [7, 11) is 0. The number of H-pyrrole nitrogens is 1. The minimum absolute atomic E-state index is 0.167. The van der Waals surface area contributed by atoms with Crippen LogP contribution in [-0.4, -0.2) is 33.0 Å². The number of nitrogens with zero attached hydrogens (tertiary/aromatic N) is 2. The van der Waals surface area contributed by atoms with Crippen LogP contribution in [0.4, 0.5) is 0 Å². The Morgan fingerprint density at radius 2 is 2.06 bits per heavy atom. The van der Waals surface area contributed by atoms with E-state index in [0.29, 0.717) is 17.9 Å². The zero-order valence-electron chi connectivity index (χ0n) is 18.3. The standard InChI is InChI=1S/C24H26N4O3S/c1-15-19(16(2)31-28-15)14-30-18-8-6-7-17(13-18)24(29)27-22(11-12-32-3)23-25-20-9-4-5-10-21(20)26-23/h4-10,13,22H,11-12,14H2,1-3H3,(H,25,26)(H,27,29)/t22-/m0/s1. The highest BCUT2D eigenvalue weighted by Crippen LogP contribution is 2.22. The number of rotatable bonds is 9. The van der Waals surface area contributed by atoms with Gasteiger partial charge in [0, 0.05) is 5.56 Å². The summed E-state index contributed by atoms with van der Waals surface area (Å²) >= 11 is 1.74. The van der Waals surface area contributed by atoms with Crippen LogP contribution in [0.1, 0.15) is 45.7 Å². The van der Waals surface area contributed by atoms with Crippen LogP contribution < -0.4 is 10.1 Å². The van der Waals surface area contributed by atoms with E-state index in [4.69, 9.17) is 9.26 Å². The van der Waals surface area contributed by atoms with Gasteiger partial charge in [0.15, 0.2) is 0 Å². The number of thioether (sulfide) groups is 1. The molecule has 1 atom stereocenters. The van der Waals surface area contributed by atoms with Crippen molar-refractivity contribution >= 4 is 28.7 Å². The summed E-state index contributed by atoms with van der Waals surface area (Å²) in [5.41, 5.74) is 4.11. The van der Waals surface area contributed by atoms with Crippen molar-refractivity contribution in [2.75, 3.05) is 12.0 Å². The summed E-state index contributed by atoms with van der Waals surface area (Å²) in [5.74, 6) is 2.85. The molecule has 0 spiro atoms. The molecular weight excluding hydrogens is 424 g/mol. The summed E-state index contributed by atoms with van der Waals surface area (Å²) in [4.78, 5) is 21.1. The van der Waals surface area contributed by atoms with Gasteiger partial charge in [-0.1, -0.05) is 23.4 Å². The number of ether oxygens (including phenoxy) is 1. The minimum atomic E-state index is -0.214. The van der Waals surface area contributed by atoms with Crippen molar-refractivity contribution in [3.63, 3.8) is 0 Å². The van der Waals surface area contributed by atoms with Gasteiger partial charge in [-0.3, -0.25) is 4.79 Å². The van der Waals surface area contributed by atoms with Crippen LogP contribution in [0.15, 0.2) is 53.1 Å². The van der Waals surface area contributed by atoms with E-state index in [1.165, 1.54) is 0 Å². The number of carbonyl (C=O) groups excluding carboxylic acids is 1. The van der Waals surface area contributed by atoms with Crippen molar-refractivity contribution in [3.05, 3.63) is 76.9 Å². The molecule has 32 heavy (non-hydrogen) atoms. The van der Waals surface area contributed by atoms with E-state index in [-0.39, 0.29) is 11.9 Å². The molecule has 166 valence electrons. The Kier molecular flexibility index (Phi) is 6.80. The number of carbonyl (C=O) groups is 1. The molecule has 0 aliphatic carbocycles. The molecule has 0 radical (unpaired) electrons. The maximum absolute atomic E-state index is 13.1. The molecule has 4 rings (SSSR count). The first-order valence-electron chi connectivity index (χ1n) is 10.4. The minimum Gasteiger partial charge on any atom is -0.489 e. The van der Waals surface area contributed by atoms with Crippen LogP contribution in [0, 0.1) is 13.8 Å². The van der Waals surface area contributed by atoms with Crippen molar-refractivity contribution in [3.8, 4) is 5.75 Å². The molecule has 0 aliphatic heterocycles. The third kappa shape index (κ3) is 4.96. The van der Waals surface area contributed by atoms with Crippen LogP contribution >= 0.6 is 11.8 Å². The molecule has 8 heteroatoms. The summed E-state index contributed by atoms with van der Waals surface area (Å²) in [5, 5.41) is 7.08. The summed E-state index contributed by atoms with van der Waals surface area (Å²) < 4.78 is 11.1. The van der Waals surface area contributed by atoms with Gasteiger partial charge in [-0.15, -0.1) is 0 Å². The Hall–Kier alpha value is -3.26. The fourth-order valence-corrected chi connectivity index (χ4v) is 3.95. The normalized spacial score (nSPS) is 12.1. The quantitative estimate of drug-likeness (QED) is 0.374. The molecule has 0 aliphatic rings. The average Bonchev–Trinajstić information content (AvgIpc) is 3.38. The molecule has 2 heterocycles. The Morgan fingerprint density at radius 1 is 1.22 bits per heavy atom. The Morgan fingerprint density at radius 3 is 2.81 bits per heavy atom. The highest BCUT2D eigenvalue weighted by Gasteiger charge is 2.19. The Labute approximate surface area is 190 Å². The van der Waals surface area contributed by atoms with Crippen molar-refractivity contribution < 1.29 is 14.1 Å². The Balaban J connectivity index is 1.48. The van der Waals surface area contributed by atoms with Crippen molar-refractivity contribution in [2.24, 2.45) is 0 Å². The summed E-state index contributed by atoms with van der Waals surface area (Å²) in [6.07, 6.45) is 2.83. The predicted molar refractivity (Wildman–Crippen MR) is 126 cm³/mol. The van der Waals surface area contributed by atoms with Crippen LogP contribution in [0.2, 0.25) is 0 Å². The van der Waals surface area contributed by atoms with E-state index in [0.717, 1.165) is 46.0 Å². The smallest absolute Gasteiger partial charge is 0.252 e. The molecule has 7 nitrogen and oxygen atoms in total.